The van der Waals surface area contributed by atoms with Crippen molar-refractivity contribution in [2.24, 2.45) is 7.05 Å². The number of aromatic nitrogens is 3. The summed E-state index contributed by atoms with van der Waals surface area (Å²) in [5, 5.41) is 4.06. The van der Waals surface area contributed by atoms with Gasteiger partial charge in [0.1, 0.15) is 0 Å². The van der Waals surface area contributed by atoms with Gasteiger partial charge >= 0.3 is 0 Å². The van der Waals surface area contributed by atoms with E-state index in [1.807, 2.05) is 48.0 Å². The van der Waals surface area contributed by atoms with Crippen molar-refractivity contribution in [3.05, 3.63) is 50.2 Å². The third-order valence-electron chi connectivity index (χ3n) is 2.09. The molecule has 0 N–H and O–H groups in total. The molecule has 2 heterocycles. The molecule has 2 rings (SSSR count). The van der Waals surface area contributed by atoms with Gasteiger partial charge in [0.05, 0.1) is 16.3 Å². The van der Waals surface area contributed by atoms with Gasteiger partial charge in [0.2, 0.25) is 0 Å². The summed E-state index contributed by atoms with van der Waals surface area (Å²) in [6.45, 7) is 0.573. The Morgan fingerprint density at radius 1 is 1.53 bits per heavy atom. The van der Waals surface area contributed by atoms with Gasteiger partial charge in [-0.25, -0.2) is 0 Å². The summed E-state index contributed by atoms with van der Waals surface area (Å²) in [6.07, 6.45) is 5.47. The Labute approximate surface area is 101 Å². The molecule has 0 aromatic carbocycles. The quantitative estimate of drug-likeness (QED) is 0.782. The molecule has 0 atom stereocenters. The second kappa shape index (κ2) is 4.18. The average Bonchev–Trinajstić information content (AvgIpc) is 2.59. The second-order valence-electron chi connectivity index (χ2n) is 3.31. The molecule has 0 aliphatic carbocycles. The summed E-state index contributed by atoms with van der Waals surface area (Å²) in [5.74, 6) is 0. The van der Waals surface area contributed by atoms with Crippen LogP contribution < -0.4 is 5.56 Å². The van der Waals surface area contributed by atoms with Crippen LogP contribution >= 0.6 is 22.6 Å². The zero-order valence-corrected chi connectivity index (χ0v) is 10.4. The van der Waals surface area contributed by atoms with E-state index in [2.05, 4.69) is 5.10 Å². The maximum atomic E-state index is 11.7. The van der Waals surface area contributed by atoms with Crippen LogP contribution in [0.1, 0.15) is 5.56 Å². The van der Waals surface area contributed by atoms with E-state index in [9.17, 15) is 4.79 Å². The Kier molecular flexibility index (Phi) is 2.90. The minimum absolute atomic E-state index is 0.0435. The lowest BCUT2D eigenvalue weighted by Gasteiger charge is -2.03. The van der Waals surface area contributed by atoms with Gasteiger partial charge < -0.3 is 4.57 Å². The minimum Gasteiger partial charge on any atom is -0.310 e. The van der Waals surface area contributed by atoms with E-state index in [-0.39, 0.29) is 5.56 Å². The van der Waals surface area contributed by atoms with Crippen molar-refractivity contribution < 1.29 is 0 Å². The Morgan fingerprint density at radius 2 is 2.33 bits per heavy atom. The van der Waals surface area contributed by atoms with Gasteiger partial charge in [0, 0.05) is 25.0 Å². The Hall–Kier alpha value is -1.11. The van der Waals surface area contributed by atoms with Crippen molar-refractivity contribution in [2.45, 2.75) is 6.54 Å². The van der Waals surface area contributed by atoms with Crippen LogP contribution in [-0.2, 0) is 13.6 Å². The van der Waals surface area contributed by atoms with Crippen molar-refractivity contribution >= 4 is 22.6 Å². The van der Waals surface area contributed by atoms with Crippen LogP contribution in [0.3, 0.4) is 0 Å². The van der Waals surface area contributed by atoms with E-state index in [1.54, 1.807) is 21.6 Å². The third kappa shape index (κ3) is 2.28. The molecule has 15 heavy (non-hydrogen) atoms. The molecule has 0 spiro atoms. The van der Waals surface area contributed by atoms with Gasteiger partial charge in [-0.1, -0.05) is 0 Å². The predicted octanol–water partition coefficient (Wildman–Crippen LogP) is 1.23. The minimum atomic E-state index is 0.0435. The van der Waals surface area contributed by atoms with Crippen LogP contribution in [0.4, 0.5) is 0 Å². The highest BCUT2D eigenvalue weighted by Crippen LogP contribution is 2.01. The van der Waals surface area contributed by atoms with Gasteiger partial charge in [-0.2, -0.15) is 5.10 Å². The maximum Gasteiger partial charge on any atom is 0.264 e. The molecule has 0 bridgehead atoms. The monoisotopic (exact) mass is 315 g/mol. The van der Waals surface area contributed by atoms with Crippen LogP contribution in [0.25, 0.3) is 0 Å². The molecule has 0 aliphatic heterocycles. The second-order valence-corrected chi connectivity index (χ2v) is 4.47. The van der Waals surface area contributed by atoms with Gasteiger partial charge in [-0.05, 0) is 34.7 Å². The van der Waals surface area contributed by atoms with Crippen LogP contribution in [0.15, 0.2) is 35.5 Å². The molecule has 2 aromatic heterocycles. The number of halogens is 1. The molecule has 0 fully saturated rings. The van der Waals surface area contributed by atoms with E-state index in [1.165, 1.54) is 0 Å². The number of hydrogen-bond acceptors (Lipinski definition) is 2. The van der Waals surface area contributed by atoms with E-state index >= 15 is 0 Å². The summed E-state index contributed by atoms with van der Waals surface area (Å²) in [6, 6.07) is 3.68. The number of rotatable bonds is 2. The fourth-order valence-electron chi connectivity index (χ4n) is 1.38. The normalized spacial score (nSPS) is 10.5. The van der Waals surface area contributed by atoms with Crippen LogP contribution in [-0.4, -0.2) is 14.3 Å². The van der Waals surface area contributed by atoms with Crippen LogP contribution in [0.5, 0.6) is 0 Å². The Bertz CT molecular complexity index is 529. The fraction of sp³-hybridized carbons (Fsp3) is 0.200. The van der Waals surface area contributed by atoms with Crippen LogP contribution in [0.2, 0.25) is 0 Å². The van der Waals surface area contributed by atoms with Crippen molar-refractivity contribution in [2.75, 3.05) is 0 Å². The third-order valence-corrected chi connectivity index (χ3v) is 2.91. The summed E-state index contributed by atoms with van der Waals surface area (Å²) in [7, 11) is 1.86. The topological polar surface area (TPSA) is 39.8 Å². The summed E-state index contributed by atoms with van der Waals surface area (Å²) >= 11 is 2.04. The van der Waals surface area contributed by atoms with E-state index in [0.717, 1.165) is 9.13 Å². The van der Waals surface area contributed by atoms with Crippen molar-refractivity contribution in [3.63, 3.8) is 0 Å². The van der Waals surface area contributed by atoms with Gasteiger partial charge in [0.15, 0.2) is 0 Å². The predicted molar refractivity (Wildman–Crippen MR) is 65.7 cm³/mol. The summed E-state index contributed by atoms with van der Waals surface area (Å²) < 4.78 is 4.14. The standard InChI is InChI=1S/C10H10IN3O/c1-13-6-8(5-12-13)7-14-4-2-3-9(11)10(14)15/h2-6H,7H2,1H3. The summed E-state index contributed by atoms with van der Waals surface area (Å²) in [4.78, 5) is 11.7. The smallest absolute Gasteiger partial charge is 0.264 e. The first-order valence-corrected chi connectivity index (χ1v) is 5.57. The van der Waals surface area contributed by atoms with Gasteiger partial charge in [-0.3, -0.25) is 9.48 Å². The molecule has 0 aliphatic rings. The number of pyridine rings is 1. The molecule has 0 saturated carbocycles. The highest BCUT2D eigenvalue weighted by atomic mass is 127. The molecule has 78 valence electrons. The highest BCUT2D eigenvalue weighted by molar-refractivity contribution is 14.1. The lowest BCUT2D eigenvalue weighted by molar-refractivity contribution is 0.746. The molecule has 4 nitrogen and oxygen atoms in total. The maximum absolute atomic E-state index is 11.7. The number of hydrogen-bond donors (Lipinski definition) is 0. The van der Waals surface area contributed by atoms with Crippen molar-refractivity contribution in [1.29, 1.82) is 0 Å². The lowest BCUT2D eigenvalue weighted by Crippen LogP contribution is -2.21. The van der Waals surface area contributed by atoms with Crippen molar-refractivity contribution in [1.82, 2.24) is 14.3 Å². The molecule has 0 amide bonds. The van der Waals surface area contributed by atoms with Crippen LogP contribution in [0, 0.1) is 3.57 Å². The number of nitrogens with zero attached hydrogens (tertiary/aromatic N) is 3. The van der Waals surface area contributed by atoms with E-state index < -0.39 is 0 Å². The molecule has 2 aromatic rings. The molecule has 0 radical (unpaired) electrons. The van der Waals surface area contributed by atoms with E-state index in [4.69, 9.17) is 0 Å². The van der Waals surface area contributed by atoms with Crippen molar-refractivity contribution in [3.8, 4) is 0 Å². The first-order valence-electron chi connectivity index (χ1n) is 4.49. The van der Waals surface area contributed by atoms with Gasteiger partial charge in [-0.15, -0.1) is 0 Å². The fourth-order valence-corrected chi connectivity index (χ4v) is 1.90. The first-order chi connectivity index (χ1) is 7.16. The zero-order chi connectivity index (χ0) is 10.8. The largest absolute Gasteiger partial charge is 0.310 e. The Morgan fingerprint density at radius 3 is 3.00 bits per heavy atom. The van der Waals surface area contributed by atoms with Gasteiger partial charge in [0.25, 0.3) is 5.56 Å². The lowest BCUT2D eigenvalue weighted by atomic mass is 10.3. The SMILES string of the molecule is Cn1cc(Cn2cccc(I)c2=O)cn1. The van der Waals surface area contributed by atoms with E-state index in [0.29, 0.717) is 6.54 Å². The first kappa shape index (κ1) is 10.4. The highest BCUT2D eigenvalue weighted by Gasteiger charge is 2.01. The molecular formula is C10H10IN3O. The Balaban J connectivity index is 2.32. The summed E-state index contributed by atoms with van der Waals surface area (Å²) in [5.41, 5.74) is 1.07. The zero-order valence-electron chi connectivity index (χ0n) is 8.22. The molecule has 5 heteroatoms. The molecule has 0 saturated heterocycles. The molecule has 0 unspecified atom stereocenters. The average molecular weight is 315 g/mol. The number of aryl methyl sites for hydroxylation is 1. The molecular weight excluding hydrogens is 305 g/mol.